The van der Waals surface area contributed by atoms with Gasteiger partial charge in [-0.05, 0) is 35.9 Å². The zero-order valence-electron chi connectivity index (χ0n) is 22.9. The summed E-state index contributed by atoms with van der Waals surface area (Å²) in [7, 11) is 0. The van der Waals surface area contributed by atoms with Crippen molar-refractivity contribution >= 4 is 33.4 Å². The molecule has 0 aliphatic heterocycles. The number of hydrogen-bond acceptors (Lipinski definition) is 8. The fourth-order valence-electron chi connectivity index (χ4n) is 5.57. The molecule has 3 aromatic rings. The number of fused-ring (bicyclic) bond motifs is 2. The standard InChI is InChI=1S/C34H5F5N8/c35-22-1-14(6-40)2-23(36)32(22)29-20(12-46)18-5-19-26(16(8-42)9-43)30(33-24(37)3-15(7-41)4-25(33)38)21(13-47)28(19)34(39)31(18)27(29)17(10-44)11-45/h1-5H. The molecule has 0 spiro atoms. The summed E-state index contributed by atoms with van der Waals surface area (Å²) >= 11 is 0. The largest absolute Gasteiger partial charge is 0.206 e. The van der Waals surface area contributed by atoms with E-state index in [-0.39, 0.29) is 0 Å². The van der Waals surface area contributed by atoms with Crippen LogP contribution in [-0.2, 0) is 0 Å². The molecule has 3 aromatic carbocycles. The van der Waals surface area contributed by atoms with Crippen molar-refractivity contribution in [2.45, 2.75) is 0 Å². The quantitative estimate of drug-likeness (QED) is 0.225. The Bertz CT molecular complexity index is 2470. The lowest BCUT2D eigenvalue weighted by Crippen LogP contribution is -2.02. The lowest BCUT2D eigenvalue weighted by molar-refractivity contribution is 0.576. The van der Waals surface area contributed by atoms with Gasteiger partial charge in [0.05, 0.1) is 45.5 Å². The summed E-state index contributed by atoms with van der Waals surface area (Å²) in [5, 5.41) is 77.8. The van der Waals surface area contributed by atoms with E-state index in [1.165, 1.54) is 36.4 Å². The number of allylic oxidation sites excluding steroid dienone is 8. The smallest absolute Gasteiger partial charge is 0.140 e. The lowest BCUT2D eigenvalue weighted by atomic mass is 9.89. The van der Waals surface area contributed by atoms with E-state index >= 15 is 22.0 Å². The van der Waals surface area contributed by atoms with Gasteiger partial charge in [0.25, 0.3) is 0 Å². The molecule has 0 unspecified atom stereocenters. The van der Waals surface area contributed by atoms with Gasteiger partial charge >= 0.3 is 0 Å². The molecule has 0 radical (unpaired) electrons. The van der Waals surface area contributed by atoms with Gasteiger partial charge in [-0.15, -0.1) is 0 Å². The molecular weight excluding hydrogens is 615 g/mol. The Hall–Kier alpha value is -7.81. The lowest BCUT2D eigenvalue weighted by Gasteiger charge is -2.13. The van der Waals surface area contributed by atoms with Crippen LogP contribution < -0.4 is 0 Å². The van der Waals surface area contributed by atoms with E-state index in [1.807, 2.05) is 0 Å². The first-order valence-electron chi connectivity index (χ1n) is 12.6. The second-order valence-corrected chi connectivity index (χ2v) is 9.56. The highest BCUT2D eigenvalue weighted by Gasteiger charge is 2.42. The van der Waals surface area contributed by atoms with Crippen LogP contribution in [0.25, 0.3) is 33.4 Å². The molecule has 0 amide bonds. The first-order valence-corrected chi connectivity index (χ1v) is 12.6. The van der Waals surface area contributed by atoms with Crippen LogP contribution in [0.2, 0.25) is 0 Å². The Morgan fingerprint density at radius 2 is 0.830 bits per heavy atom. The highest BCUT2D eigenvalue weighted by Crippen LogP contribution is 2.56. The molecule has 0 heterocycles. The van der Waals surface area contributed by atoms with Gasteiger partial charge in [0.1, 0.15) is 76.6 Å². The van der Waals surface area contributed by atoms with Crippen molar-refractivity contribution < 1.29 is 22.0 Å². The van der Waals surface area contributed by atoms with Crippen molar-refractivity contribution in [2.24, 2.45) is 0 Å². The fourth-order valence-corrected chi connectivity index (χ4v) is 5.57. The number of benzene rings is 3. The molecule has 2 aliphatic carbocycles. The molecule has 2 aliphatic rings. The van der Waals surface area contributed by atoms with Gasteiger partial charge in [-0.1, -0.05) is 0 Å². The van der Waals surface area contributed by atoms with Crippen LogP contribution in [0.3, 0.4) is 0 Å². The Kier molecular flexibility index (Phi) is 7.41. The molecule has 0 aromatic heterocycles. The van der Waals surface area contributed by atoms with E-state index in [2.05, 4.69) is 0 Å². The molecule has 47 heavy (non-hydrogen) atoms. The second kappa shape index (κ2) is 11.4. The third-order valence-corrected chi connectivity index (χ3v) is 7.32. The van der Waals surface area contributed by atoms with Crippen LogP contribution in [0, 0.1) is 120 Å². The van der Waals surface area contributed by atoms with E-state index in [4.69, 9.17) is 10.5 Å². The molecule has 0 N–H and O–H groups in total. The minimum atomic E-state index is -1.50. The predicted molar refractivity (Wildman–Crippen MR) is 150 cm³/mol. The van der Waals surface area contributed by atoms with Crippen LogP contribution in [0.5, 0.6) is 0 Å². The summed E-state index contributed by atoms with van der Waals surface area (Å²) < 4.78 is 78.4. The number of nitrogens with zero attached hydrogens (tertiary/aromatic N) is 8. The monoisotopic (exact) mass is 620 g/mol. The second-order valence-electron chi connectivity index (χ2n) is 9.56. The Morgan fingerprint density at radius 1 is 0.426 bits per heavy atom. The summed E-state index contributed by atoms with van der Waals surface area (Å²) in [5.41, 5.74) is -11.7. The van der Waals surface area contributed by atoms with E-state index < -0.39 is 118 Å². The maximum Gasteiger partial charge on any atom is 0.140 e. The van der Waals surface area contributed by atoms with Gasteiger partial charge in [-0.2, -0.15) is 42.1 Å². The van der Waals surface area contributed by atoms with Gasteiger partial charge in [0.2, 0.25) is 0 Å². The fraction of sp³-hybridized carbons (Fsp3) is 0. The van der Waals surface area contributed by atoms with Crippen molar-refractivity contribution in [3.05, 3.63) is 115 Å². The van der Waals surface area contributed by atoms with Gasteiger partial charge in [0.15, 0.2) is 0 Å². The van der Waals surface area contributed by atoms with Crippen LogP contribution >= 0.6 is 0 Å². The summed E-state index contributed by atoms with van der Waals surface area (Å²) in [4.78, 5) is 0. The molecule has 0 saturated heterocycles. The molecule has 13 heteroatoms. The molecule has 5 rings (SSSR count). The Balaban J connectivity index is 2.02. The van der Waals surface area contributed by atoms with Crippen LogP contribution in [-0.4, -0.2) is 0 Å². The first kappa shape index (κ1) is 30.6. The molecule has 0 atom stereocenters. The van der Waals surface area contributed by atoms with Gasteiger partial charge in [0, 0.05) is 39.0 Å². The maximum absolute atomic E-state index is 16.9. The Morgan fingerprint density at radius 3 is 1.21 bits per heavy atom. The van der Waals surface area contributed by atoms with Gasteiger partial charge < -0.3 is 0 Å². The van der Waals surface area contributed by atoms with E-state index in [9.17, 15) is 31.6 Å². The summed E-state index contributed by atoms with van der Waals surface area (Å²) in [6.45, 7) is 0. The van der Waals surface area contributed by atoms with Gasteiger partial charge in [-0.3, -0.25) is 0 Å². The average Bonchev–Trinajstić information content (AvgIpc) is 3.54. The van der Waals surface area contributed by atoms with Crippen LogP contribution in [0.15, 0.2) is 41.5 Å². The van der Waals surface area contributed by atoms with Crippen molar-refractivity contribution in [3.8, 4) is 48.6 Å². The number of hydrogen-bond donors (Lipinski definition) is 0. The van der Waals surface area contributed by atoms with Gasteiger partial charge in [-0.25, -0.2) is 22.0 Å². The van der Waals surface area contributed by atoms with Crippen molar-refractivity contribution in [3.63, 3.8) is 0 Å². The zero-order valence-corrected chi connectivity index (χ0v) is 22.9. The normalized spacial score (nSPS) is 12.4. The SMILES string of the molecule is N#CC(C#N)=C1C(c2c(F)cc(C#N)cc2F)=C(C#N)c2c1cc1c(c2F)C(=C(C#N)C#N)C(c2c(F)cc(C#N)cc2F)=C1C#N. The third-order valence-electron chi connectivity index (χ3n) is 7.32. The van der Waals surface area contributed by atoms with E-state index in [0.717, 1.165) is 6.07 Å². The number of nitriles is 8. The maximum atomic E-state index is 16.9. The van der Waals surface area contributed by atoms with E-state index in [1.54, 1.807) is 12.1 Å². The van der Waals surface area contributed by atoms with E-state index in [0.29, 0.717) is 24.3 Å². The molecule has 216 valence electrons. The molecule has 0 saturated carbocycles. The number of rotatable bonds is 2. The summed E-state index contributed by atoms with van der Waals surface area (Å²) in [5.74, 6) is -7.16. The van der Waals surface area contributed by atoms with Crippen molar-refractivity contribution in [2.75, 3.05) is 0 Å². The highest BCUT2D eigenvalue weighted by molar-refractivity contribution is 6.30. The summed E-state index contributed by atoms with van der Waals surface area (Å²) in [6.07, 6.45) is 0. The minimum absolute atomic E-state index is 0.469. The minimum Gasteiger partial charge on any atom is -0.206 e. The summed E-state index contributed by atoms with van der Waals surface area (Å²) in [6, 6.07) is 15.7. The van der Waals surface area contributed by atoms with Crippen molar-refractivity contribution in [1.29, 1.82) is 42.1 Å². The third kappa shape index (κ3) is 4.27. The highest BCUT2D eigenvalue weighted by atomic mass is 19.1. The van der Waals surface area contributed by atoms with Crippen molar-refractivity contribution in [1.82, 2.24) is 0 Å². The zero-order chi connectivity index (χ0) is 34.3. The molecule has 8 nitrogen and oxygen atoms in total. The van der Waals surface area contributed by atoms with Crippen LogP contribution in [0.1, 0.15) is 44.5 Å². The average molecular weight is 620 g/mol. The molecular formula is C34H5F5N8. The predicted octanol–water partition coefficient (Wildman–Crippen LogP) is 6.62. The first-order chi connectivity index (χ1) is 22.6. The number of halogens is 5. The Labute approximate surface area is 261 Å². The van der Waals surface area contributed by atoms with Crippen LogP contribution in [0.4, 0.5) is 22.0 Å². The molecule has 0 fully saturated rings. The topological polar surface area (TPSA) is 190 Å². The molecule has 0 bridgehead atoms.